The van der Waals surface area contributed by atoms with Crippen molar-refractivity contribution in [1.82, 2.24) is 10.2 Å². The second kappa shape index (κ2) is 9.15. The van der Waals surface area contributed by atoms with Crippen LogP contribution >= 0.6 is 12.4 Å². The molecule has 1 aromatic rings. The Hall–Kier alpha value is -1.66. The zero-order valence-electron chi connectivity index (χ0n) is 15.2. The number of non-ortho nitro benzene ring substituents is 1. The summed E-state index contributed by atoms with van der Waals surface area (Å²) in [4.78, 5) is 25.2. The van der Waals surface area contributed by atoms with Crippen LogP contribution in [0, 0.1) is 16.0 Å². The van der Waals surface area contributed by atoms with E-state index in [9.17, 15) is 14.9 Å². The molecule has 1 N–H and O–H groups in total. The van der Waals surface area contributed by atoms with Gasteiger partial charge in [-0.2, -0.15) is 0 Å². The third kappa shape index (κ3) is 5.16. The van der Waals surface area contributed by atoms with Crippen molar-refractivity contribution in [2.75, 3.05) is 26.7 Å². The van der Waals surface area contributed by atoms with Crippen LogP contribution in [-0.2, 0) is 10.2 Å². The number of nitro benzene ring substituents is 1. The molecule has 0 aliphatic carbocycles. The van der Waals surface area contributed by atoms with Gasteiger partial charge in [0.1, 0.15) is 0 Å². The molecule has 25 heavy (non-hydrogen) atoms. The Kier molecular flexibility index (Phi) is 7.83. The van der Waals surface area contributed by atoms with Crippen LogP contribution in [0.1, 0.15) is 38.7 Å². The van der Waals surface area contributed by atoms with Crippen molar-refractivity contribution in [2.24, 2.45) is 5.92 Å². The zero-order valence-corrected chi connectivity index (χ0v) is 16.0. The predicted octanol–water partition coefficient (Wildman–Crippen LogP) is 3.14. The maximum atomic E-state index is 12.9. The van der Waals surface area contributed by atoms with Gasteiger partial charge in [0.2, 0.25) is 5.91 Å². The quantitative estimate of drug-likeness (QED) is 0.617. The molecule has 0 atom stereocenters. The molecule has 1 aliphatic heterocycles. The molecule has 2 rings (SSSR count). The Morgan fingerprint density at radius 1 is 1.28 bits per heavy atom. The monoisotopic (exact) mass is 369 g/mol. The lowest BCUT2D eigenvalue weighted by atomic mass is 9.82. The average Bonchev–Trinajstić information content (AvgIpc) is 2.59. The summed E-state index contributed by atoms with van der Waals surface area (Å²) in [6, 6.07) is 6.31. The third-order valence-corrected chi connectivity index (χ3v) is 5.04. The Bertz CT molecular complexity index is 582. The minimum Gasteiger partial charge on any atom is -0.342 e. The number of nitrogens with zero attached hydrogens (tertiary/aromatic N) is 2. The van der Waals surface area contributed by atoms with Gasteiger partial charge < -0.3 is 10.2 Å². The maximum Gasteiger partial charge on any atom is 0.269 e. The first-order valence-corrected chi connectivity index (χ1v) is 8.55. The van der Waals surface area contributed by atoms with E-state index in [1.54, 1.807) is 12.1 Å². The van der Waals surface area contributed by atoms with Crippen molar-refractivity contribution in [3.8, 4) is 0 Å². The highest BCUT2D eigenvalue weighted by Crippen LogP contribution is 2.30. The van der Waals surface area contributed by atoms with Crippen LogP contribution in [0.2, 0.25) is 0 Å². The number of nitrogens with one attached hydrogen (secondary N) is 1. The molecule has 1 aliphatic rings. The highest BCUT2D eigenvalue weighted by molar-refractivity contribution is 5.87. The molecule has 0 radical (unpaired) electrons. The van der Waals surface area contributed by atoms with Crippen LogP contribution in [0.15, 0.2) is 24.3 Å². The fourth-order valence-electron chi connectivity index (χ4n) is 3.29. The van der Waals surface area contributed by atoms with Crippen LogP contribution < -0.4 is 5.32 Å². The zero-order chi connectivity index (χ0) is 17.7. The van der Waals surface area contributed by atoms with E-state index in [0.717, 1.165) is 44.5 Å². The molecular formula is C18H28ClN3O3. The second-order valence-electron chi connectivity index (χ2n) is 7.06. The standard InChI is InChI=1S/C18H27N3O3.ClH/c1-18(2,15-4-6-16(7-5-15)21(23)24)17(22)20-12-9-14(10-13-20)8-11-19-3;/h4-7,14,19H,8-13H2,1-3H3;1H. The van der Waals surface area contributed by atoms with Gasteiger partial charge in [-0.15, -0.1) is 12.4 Å². The molecule has 140 valence electrons. The van der Waals surface area contributed by atoms with Gasteiger partial charge in [0.25, 0.3) is 5.69 Å². The second-order valence-corrected chi connectivity index (χ2v) is 7.06. The lowest BCUT2D eigenvalue weighted by Gasteiger charge is -2.37. The van der Waals surface area contributed by atoms with Crippen molar-refractivity contribution >= 4 is 24.0 Å². The maximum absolute atomic E-state index is 12.9. The molecule has 1 fully saturated rings. The van der Waals surface area contributed by atoms with Crippen LogP contribution in [0.3, 0.4) is 0 Å². The number of rotatable bonds is 6. The van der Waals surface area contributed by atoms with E-state index in [2.05, 4.69) is 5.32 Å². The highest BCUT2D eigenvalue weighted by Gasteiger charge is 2.35. The summed E-state index contributed by atoms with van der Waals surface area (Å²) in [6.45, 7) is 6.40. The van der Waals surface area contributed by atoms with E-state index in [0.29, 0.717) is 5.92 Å². The smallest absolute Gasteiger partial charge is 0.269 e. The Balaban J connectivity index is 0.00000312. The lowest BCUT2D eigenvalue weighted by Crippen LogP contribution is -2.47. The van der Waals surface area contributed by atoms with Crippen LogP contribution in [0.25, 0.3) is 0 Å². The number of nitro groups is 1. The number of carbonyl (C=O) groups is 1. The van der Waals surface area contributed by atoms with Gasteiger partial charge in [-0.3, -0.25) is 14.9 Å². The number of benzene rings is 1. The molecule has 0 unspecified atom stereocenters. The molecule has 1 saturated heterocycles. The van der Waals surface area contributed by atoms with Crippen molar-refractivity contribution in [3.05, 3.63) is 39.9 Å². The lowest BCUT2D eigenvalue weighted by molar-refractivity contribution is -0.384. The van der Waals surface area contributed by atoms with E-state index in [4.69, 9.17) is 0 Å². The molecule has 1 amide bonds. The van der Waals surface area contributed by atoms with Gasteiger partial charge in [0.15, 0.2) is 0 Å². The van der Waals surface area contributed by atoms with Crippen molar-refractivity contribution in [2.45, 2.75) is 38.5 Å². The van der Waals surface area contributed by atoms with E-state index < -0.39 is 10.3 Å². The summed E-state index contributed by atoms with van der Waals surface area (Å²) in [6.07, 6.45) is 3.25. The number of amides is 1. The number of hydrogen-bond donors (Lipinski definition) is 1. The number of hydrogen-bond acceptors (Lipinski definition) is 4. The largest absolute Gasteiger partial charge is 0.342 e. The molecule has 0 aromatic heterocycles. The minimum absolute atomic E-state index is 0. The average molecular weight is 370 g/mol. The van der Waals surface area contributed by atoms with Gasteiger partial charge in [0.05, 0.1) is 10.3 Å². The van der Waals surface area contributed by atoms with Gasteiger partial charge in [-0.1, -0.05) is 12.1 Å². The van der Waals surface area contributed by atoms with Crippen LogP contribution in [0.5, 0.6) is 0 Å². The van der Waals surface area contributed by atoms with Gasteiger partial charge in [-0.05, 0) is 58.2 Å². The summed E-state index contributed by atoms with van der Waals surface area (Å²) in [5.41, 5.74) is 0.190. The van der Waals surface area contributed by atoms with Crippen molar-refractivity contribution in [3.63, 3.8) is 0 Å². The van der Waals surface area contributed by atoms with E-state index >= 15 is 0 Å². The molecular weight excluding hydrogens is 342 g/mol. The van der Waals surface area contributed by atoms with Crippen LogP contribution in [0.4, 0.5) is 5.69 Å². The van der Waals surface area contributed by atoms with Crippen molar-refractivity contribution < 1.29 is 9.72 Å². The number of piperidine rings is 1. The van der Waals surface area contributed by atoms with Crippen molar-refractivity contribution in [1.29, 1.82) is 0 Å². The first-order valence-electron chi connectivity index (χ1n) is 8.55. The Morgan fingerprint density at radius 3 is 2.32 bits per heavy atom. The summed E-state index contributed by atoms with van der Waals surface area (Å²) < 4.78 is 0. The number of carbonyl (C=O) groups excluding carboxylic acids is 1. The van der Waals surface area contributed by atoms with Crippen LogP contribution in [-0.4, -0.2) is 42.4 Å². The molecule has 0 spiro atoms. The fourth-order valence-corrected chi connectivity index (χ4v) is 3.29. The molecule has 7 heteroatoms. The SMILES string of the molecule is CNCCC1CCN(C(=O)C(C)(C)c2ccc([N+](=O)[O-])cc2)CC1.Cl. The number of likely N-dealkylation sites (tertiary alicyclic amines) is 1. The predicted molar refractivity (Wildman–Crippen MR) is 101 cm³/mol. The number of halogens is 1. The summed E-state index contributed by atoms with van der Waals surface area (Å²) in [5.74, 6) is 0.785. The topological polar surface area (TPSA) is 75.5 Å². The first-order chi connectivity index (χ1) is 11.4. The summed E-state index contributed by atoms with van der Waals surface area (Å²) in [7, 11) is 1.96. The molecule has 6 nitrogen and oxygen atoms in total. The molecule has 1 heterocycles. The van der Waals surface area contributed by atoms with Gasteiger partial charge >= 0.3 is 0 Å². The van der Waals surface area contributed by atoms with Gasteiger partial charge in [0, 0.05) is 25.2 Å². The fraction of sp³-hybridized carbons (Fsp3) is 0.611. The molecule has 0 saturated carbocycles. The van der Waals surface area contributed by atoms with E-state index in [1.165, 1.54) is 12.1 Å². The summed E-state index contributed by atoms with van der Waals surface area (Å²) >= 11 is 0. The molecule has 1 aromatic carbocycles. The Labute approximate surface area is 155 Å². The van der Waals surface area contributed by atoms with E-state index in [-0.39, 0.29) is 24.0 Å². The summed E-state index contributed by atoms with van der Waals surface area (Å²) in [5, 5.41) is 14.0. The third-order valence-electron chi connectivity index (χ3n) is 5.04. The highest BCUT2D eigenvalue weighted by atomic mass is 35.5. The van der Waals surface area contributed by atoms with Gasteiger partial charge in [-0.25, -0.2) is 0 Å². The molecule has 0 bridgehead atoms. The normalized spacial score (nSPS) is 15.6. The van der Waals surface area contributed by atoms with E-state index in [1.807, 2.05) is 25.8 Å². The first kappa shape index (κ1) is 21.4. The minimum atomic E-state index is -0.674. The Morgan fingerprint density at radius 2 is 1.84 bits per heavy atom.